The molecule has 0 unspecified atom stereocenters. The zero-order chi connectivity index (χ0) is 11.3. The van der Waals surface area contributed by atoms with E-state index in [0.29, 0.717) is 5.56 Å². The summed E-state index contributed by atoms with van der Waals surface area (Å²) in [5, 5.41) is 8.48. The number of benzene rings is 1. The maximum atomic E-state index is 11.7. The number of Topliss-reactive ketones (excluding diaryl/α,β-unsaturated/α-hetero) is 1. The molecule has 1 aromatic rings. The fourth-order valence-corrected chi connectivity index (χ4v) is 1.85. The van der Waals surface area contributed by atoms with Crippen molar-refractivity contribution < 1.29 is 14.7 Å². The highest BCUT2D eigenvalue weighted by molar-refractivity contribution is 7.98. The van der Waals surface area contributed by atoms with Crippen LogP contribution >= 0.6 is 11.8 Å². The van der Waals surface area contributed by atoms with Crippen LogP contribution in [0.15, 0.2) is 29.2 Å². The minimum atomic E-state index is -0.940. The standard InChI is InChI=1S/C11H12O3S/c1-15-10-5-3-2-4-8(10)9(12)6-7-11(13)14/h2-5H,6-7H2,1H3,(H,13,14). The van der Waals surface area contributed by atoms with E-state index in [9.17, 15) is 9.59 Å². The lowest BCUT2D eigenvalue weighted by Gasteiger charge is -2.04. The average molecular weight is 224 g/mol. The van der Waals surface area contributed by atoms with Crippen LogP contribution in [0.25, 0.3) is 0 Å². The Morgan fingerprint density at radius 3 is 2.53 bits per heavy atom. The molecule has 0 fully saturated rings. The number of carboxylic acid groups (broad SMARTS) is 1. The quantitative estimate of drug-likeness (QED) is 0.616. The van der Waals surface area contributed by atoms with Crippen LogP contribution in [-0.4, -0.2) is 23.1 Å². The van der Waals surface area contributed by atoms with Gasteiger partial charge in [-0.1, -0.05) is 18.2 Å². The van der Waals surface area contributed by atoms with Crippen LogP contribution < -0.4 is 0 Å². The van der Waals surface area contributed by atoms with Crippen molar-refractivity contribution in [3.05, 3.63) is 29.8 Å². The van der Waals surface area contributed by atoms with Gasteiger partial charge < -0.3 is 5.11 Å². The molecule has 0 aliphatic heterocycles. The van der Waals surface area contributed by atoms with Gasteiger partial charge >= 0.3 is 5.97 Å². The predicted octanol–water partition coefficient (Wildman–Crippen LogP) is 2.46. The SMILES string of the molecule is CSc1ccccc1C(=O)CCC(=O)O. The van der Waals surface area contributed by atoms with E-state index in [4.69, 9.17) is 5.11 Å². The molecule has 0 spiro atoms. The molecular weight excluding hydrogens is 212 g/mol. The Balaban J connectivity index is 2.77. The van der Waals surface area contributed by atoms with Crippen molar-refractivity contribution in [2.75, 3.05) is 6.26 Å². The second-order valence-corrected chi connectivity index (χ2v) is 3.87. The van der Waals surface area contributed by atoms with Gasteiger partial charge in [0, 0.05) is 16.9 Å². The molecular formula is C11H12O3S. The van der Waals surface area contributed by atoms with Crippen molar-refractivity contribution >= 4 is 23.5 Å². The van der Waals surface area contributed by atoms with Gasteiger partial charge in [-0.3, -0.25) is 9.59 Å². The summed E-state index contributed by atoms with van der Waals surface area (Å²) in [6.45, 7) is 0. The summed E-state index contributed by atoms with van der Waals surface area (Å²) in [6, 6.07) is 7.24. The predicted molar refractivity (Wildman–Crippen MR) is 59.4 cm³/mol. The fourth-order valence-electron chi connectivity index (χ4n) is 1.23. The molecule has 0 aliphatic carbocycles. The number of ketones is 1. The zero-order valence-electron chi connectivity index (χ0n) is 8.40. The number of carbonyl (C=O) groups is 2. The van der Waals surface area contributed by atoms with Gasteiger partial charge in [0.05, 0.1) is 6.42 Å². The number of hydrogen-bond donors (Lipinski definition) is 1. The average Bonchev–Trinajstić information content (AvgIpc) is 2.25. The molecule has 0 saturated carbocycles. The highest BCUT2D eigenvalue weighted by Crippen LogP contribution is 2.21. The largest absolute Gasteiger partial charge is 0.481 e. The van der Waals surface area contributed by atoms with Gasteiger partial charge in [-0.25, -0.2) is 0 Å². The molecule has 0 atom stereocenters. The zero-order valence-corrected chi connectivity index (χ0v) is 9.21. The van der Waals surface area contributed by atoms with E-state index in [0.717, 1.165) is 4.90 Å². The summed E-state index contributed by atoms with van der Waals surface area (Å²) in [7, 11) is 0. The number of carbonyl (C=O) groups excluding carboxylic acids is 1. The molecule has 1 aromatic carbocycles. The first-order chi connectivity index (χ1) is 7.15. The third kappa shape index (κ3) is 3.40. The molecule has 3 nitrogen and oxygen atoms in total. The molecule has 0 amide bonds. The lowest BCUT2D eigenvalue weighted by molar-refractivity contribution is -0.136. The van der Waals surface area contributed by atoms with E-state index in [1.807, 2.05) is 18.4 Å². The van der Waals surface area contributed by atoms with Crippen LogP contribution in [0, 0.1) is 0 Å². The second-order valence-electron chi connectivity index (χ2n) is 3.02. The molecule has 80 valence electrons. The second kappa shape index (κ2) is 5.56. The third-order valence-electron chi connectivity index (χ3n) is 1.97. The Morgan fingerprint density at radius 2 is 1.93 bits per heavy atom. The van der Waals surface area contributed by atoms with Crippen LogP contribution in [0.2, 0.25) is 0 Å². The Morgan fingerprint density at radius 1 is 1.27 bits per heavy atom. The van der Waals surface area contributed by atoms with Crippen LogP contribution in [0.4, 0.5) is 0 Å². The third-order valence-corrected chi connectivity index (χ3v) is 2.77. The van der Waals surface area contributed by atoms with Crippen molar-refractivity contribution in [2.45, 2.75) is 17.7 Å². The monoisotopic (exact) mass is 224 g/mol. The topological polar surface area (TPSA) is 54.4 Å². The van der Waals surface area contributed by atoms with E-state index in [2.05, 4.69) is 0 Å². The summed E-state index contributed by atoms with van der Waals surface area (Å²) in [4.78, 5) is 22.9. The van der Waals surface area contributed by atoms with Crippen LogP contribution in [-0.2, 0) is 4.79 Å². The molecule has 4 heteroatoms. The first-order valence-corrected chi connectivity index (χ1v) is 5.75. The molecule has 0 radical (unpaired) electrons. The van der Waals surface area contributed by atoms with Crippen LogP contribution in [0.3, 0.4) is 0 Å². The Bertz CT molecular complexity index is 374. The minimum absolute atomic E-state index is 0.0624. The van der Waals surface area contributed by atoms with E-state index in [1.165, 1.54) is 11.8 Å². The minimum Gasteiger partial charge on any atom is -0.481 e. The van der Waals surface area contributed by atoms with Crippen molar-refractivity contribution in [3.8, 4) is 0 Å². The van der Waals surface area contributed by atoms with Crippen molar-refractivity contribution in [3.63, 3.8) is 0 Å². The fraction of sp³-hybridized carbons (Fsp3) is 0.273. The molecule has 1 rings (SSSR count). The van der Waals surface area contributed by atoms with Gasteiger partial charge in [0.2, 0.25) is 0 Å². The molecule has 0 aliphatic rings. The summed E-state index contributed by atoms with van der Waals surface area (Å²) in [6.07, 6.45) is 1.85. The molecule has 15 heavy (non-hydrogen) atoms. The van der Waals surface area contributed by atoms with Crippen molar-refractivity contribution in [2.24, 2.45) is 0 Å². The lowest BCUT2D eigenvalue weighted by Crippen LogP contribution is -2.04. The number of rotatable bonds is 5. The molecule has 0 heterocycles. The molecule has 0 bridgehead atoms. The van der Waals surface area contributed by atoms with Gasteiger partial charge in [-0.05, 0) is 12.3 Å². The maximum Gasteiger partial charge on any atom is 0.303 e. The van der Waals surface area contributed by atoms with Crippen molar-refractivity contribution in [1.82, 2.24) is 0 Å². The molecule has 0 saturated heterocycles. The van der Waals surface area contributed by atoms with Crippen molar-refractivity contribution in [1.29, 1.82) is 0 Å². The summed E-state index contributed by atoms with van der Waals surface area (Å²) in [5.41, 5.74) is 0.617. The highest BCUT2D eigenvalue weighted by Gasteiger charge is 2.11. The highest BCUT2D eigenvalue weighted by atomic mass is 32.2. The maximum absolute atomic E-state index is 11.7. The number of hydrogen-bond acceptors (Lipinski definition) is 3. The molecule has 1 N–H and O–H groups in total. The van der Waals surface area contributed by atoms with Gasteiger partial charge in [-0.15, -0.1) is 11.8 Å². The van der Waals surface area contributed by atoms with E-state index < -0.39 is 5.97 Å². The van der Waals surface area contributed by atoms with E-state index in [1.54, 1.807) is 12.1 Å². The Labute approximate surface area is 92.5 Å². The summed E-state index contributed by atoms with van der Waals surface area (Å²) in [5.74, 6) is -1.05. The van der Waals surface area contributed by atoms with Gasteiger partial charge in [0.15, 0.2) is 5.78 Å². The number of aliphatic carboxylic acids is 1. The van der Waals surface area contributed by atoms with Crippen LogP contribution in [0.5, 0.6) is 0 Å². The van der Waals surface area contributed by atoms with Gasteiger partial charge in [-0.2, -0.15) is 0 Å². The van der Waals surface area contributed by atoms with Gasteiger partial charge in [0.25, 0.3) is 0 Å². The summed E-state index contributed by atoms with van der Waals surface area (Å²) < 4.78 is 0. The van der Waals surface area contributed by atoms with E-state index in [-0.39, 0.29) is 18.6 Å². The number of thioether (sulfide) groups is 1. The Hall–Kier alpha value is -1.29. The number of carboxylic acids is 1. The van der Waals surface area contributed by atoms with Gasteiger partial charge in [0.1, 0.15) is 0 Å². The van der Waals surface area contributed by atoms with E-state index >= 15 is 0 Å². The van der Waals surface area contributed by atoms with Crippen LogP contribution in [0.1, 0.15) is 23.2 Å². The Kier molecular flexibility index (Phi) is 4.37. The normalized spacial score (nSPS) is 9.93. The smallest absolute Gasteiger partial charge is 0.303 e. The lowest BCUT2D eigenvalue weighted by atomic mass is 10.1. The molecule has 0 aromatic heterocycles. The summed E-state index contributed by atoms with van der Waals surface area (Å²) >= 11 is 1.49. The first kappa shape index (κ1) is 11.8. The first-order valence-electron chi connectivity index (χ1n) is 4.53.